The maximum atomic E-state index is 13.7. The third kappa shape index (κ3) is 4.29. The van der Waals surface area contributed by atoms with E-state index < -0.39 is 29.4 Å². The van der Waals surface area contributed by atoms with Crippen molar-refractivity contribution in [2.24, 2.45) is 5.92 Å². The maximum absolute atomic E-state index is 13.7. The Morgan fingerprint density at radius 2 is 2.03 bits per heavy atom. The van der Waals surface area contributed by atoms with E-state index in [2.05, 4.69) is 10.2 Å². The van der Waals surface area contributed by atoms with Crippen LogP contribution in [0.1, 0.15) is 49.7 Å². The fourth-order valence-corrected chi connectivity index (χ4v) is 3.67. The van der Waals surface area contributed by atoms with Gasteiger partial charge in [-0.2, -0.15) is 13.2 Å². The Bertz CT molecular complexity index is 937. The van der Waals surface area contributed by atoms with Gasteiger partial charge in [0, 0.05) is 11.4 Å². The molecular weight excluding hydrogens is 388 g/mol. The highest BCUT2D eigenvalue weighted by atomic mass is 19.4. The molecule has 0 saturated heterocycles. The van der Waals surface area contributed by atoms with Gasteiger partial charge >= 0.3 is 12.1 Å². The zero-order valence-electron chi connectivity index (χ0n) is 16.0. The van der Waals surface area contributed by atoms with Gasteiger partial charge in [-0.25, -0.2) is 14.0 Å². The molecule has 1 N–H and O–H groups in total. The zero-order chi connectivity index (χ0) is 21.3. The van der Waals surface area contributed by atoms with Crippen molar-refractivity contribution in [1.82, 2.24) is 5.32 Å². The second-order valence-electron chi connectivity index (χ2n) is 7.28. The number of nitrogens with one attached hydrogen (secondary N) is 1. The number of ether oxygens (including phenoxy) is 1. The molecular formula is C21H20F4N2O2. The summed E-state index contributed by atoms with van der Waals surface area (Å²) in [5.41, 5.74) is -0.784. The lowest BCUT2D eigenvalue weighted by Gasteiger charge is -2.31. The average Bonchev–Trinajstić information content (AvgIpc) is 3.49. The second kappa shape index (κ2) is 7.90. The number of rotatable bonds is 5. The van der Waals surface area contributed by atoms with E-state index in [4.69, 9.17) is 11.3 Å². The molecule has 154 valence electrons. The molecule has 1 fully saturated rings. The Morgan fingerprint density at radius 3 is 2.59 bits per heavy atom. The van der Waals surface area contributed by atoms with Crippen LogP contribution in [0.15, 0.2) is 40.9 Å². The van der Waals surface area contributed by atoms with Crippen LogP contribution in [-0.2, 0) is 15.7 Å². The van der Waals surface area contributed by atoms with Crippen molar-refractivity contribution in [2.75, 3.05) is 7.11 Å². The molecule has 0 radical (unpaired) electrons. The van der Waals surface area contributed by atoms with Crippen LogP contribution in [0.3, 0.4) is 0 Å². The molecule has 0 amide bonds. The van der Waals surface area contributed by atoms with Crippen LogP contribution in [-0.4, -0.2) is 13.1 Å². The number of hydrogen-bond acceptors (Lipinski definition) is 3. The number of nitrogens with zero attached hydrogens (tertiary/aromatic N) is 1. The van der Waals surface area contributed by atoms with Gasteiger partial charge in [0.15, 0.2) is 5.70 Å². The number of methoxy groups -OCH3 is 1. The molecule has 29 heavy (non-hydrogen) atoms. The minimum absolute atomic E-state index is 0.0261. The first kappa shape index (κ1) is 20.9. The van der Waals surface area contributed by atoms with Crippen LogP contribution < -0.4 is 5.32 Å². The van der Waals surface area contributed by atoms with E-state index in [-0.39, 0.29) is 16.8 Å². The normalized spacial score (nSPS) is 19.7. The highest BCUT2D eigenvalue weighted by Gasteiger charge is 2.42. The minimum Gasteiger partial charge on any atom is -0.466 e. The Balaban J connectivity index is 2.22. The summed E-state index contributed by atoms with van der Waals surface area (Å²) in [5, 5.41) is 3.02. The Kier molecular flexibility index (Phi) is 5.69. The summed E-state index contributed by atoms with van der Waals surface area (Å²) in [4.78, 5) is 16.0. The topological polar surface area (TPSA) is 42.7 Å². The molecule has 8 heteroatoms. The fourth-order valence-electron chi connectivity index (χ4n) is 3.67. The molecule has 0 aromatic heterocycles. The standard InChI is InChI=1S/C21H20F4N2O2/c1-11-19(26-2)17(14-8-7-13(22)10-15(14)21(23,24)25)18(20(28)29-3)16(27-11)9-6-12-4-5-12/h7-8,10,12,17,27H,4-6,9H2,1,3H3. The van der Waals surface area contributed by atoms with Gasteiger partial charge in [-0.05, 0) is 43.4 Å². The summed E-state index contributed by atoms with van der Waals surface area (Å²) in [6, 6.07) is 2.30. The van der Waals surface area contributed by atoms with Crippen LogP contribution in [0, 0.1) is 18.3 Å². The smallest absolute Gasteiger partial charge is 0.416 e. The van der Waals surface area contributed by atoms with Gasteiger partial charge in [0.05, 0.1) is 30.7 Å². The largest absolute Gasteiger partial charge is 0.466 e. The maximum Gasteiger partial charge on any atom is 0.416 e. The highest BCUT2D eigenvalue weighted by Crippen LogP contribution is 2.46. The van der Waals surface area contributed by atoms with E-state index in [0.717, 1.165) is 38.5 Å². The van der Waals surface area contributed by atoms with Crippen molar-refractivity contribution >= 4 is 5.97 Å². The molecule has 4 nitrogen and oxygen atoms in total. The Labute approximate surface area is 166 Å². The van der Waals surface area contributed by atoms with E-state index >= 15 is 0 Å². The number of carbonyl (C=O) groups excluding carboxylic acids is 1. The van der Waals surface area contributed by atoms with Crippen LogP contribution in [0.2, 0.25) is 0 Å². The van der Waals surface area contributed by atoms with E-state index in [9.17, 15) is 22.4 Å². The Morgan fingerprint density at radius 1 is 1.34 bits per heavy atom. The predicted octanol–water partition coefficient (Wildman–Crippen LogP) is 5.30. The summed E-state index contributed by atoms with van der Waals surface area (Å²) >= 11 is 0. The number of hydrogen-bond donors (Lipinski definition) is 1. The van der Waals surface area contributed by atoms with Crippen LogP contribution in [0.4, 0.5) is 17.6 Å². The fraction of sp³-hybridized carbons (Fsp3) is 0.429. The van der Waals surface area contributed by atoms with E-state index in [1.807, 2.05) is 0 Å². The molecule has 1 aromatic carbocycles. The molecule has 1 saturated carbocycles. The number of benzene rings is 1. The number of dihydropyridines is 1. The zero-order valence-corrected chi connectivity index (χ0v) is 16.0. The van der Waals surface area contributed by atoms with Gasteiger partial charge in [-0.3, -0.25) is 0 Å². The molecule has 1 aromatic rings. The Hall–Kier alpha value is -2.82. The number of halogens is 4. The van der Waals surface area contributed by atoms with Gasteiger partial charge in [0.2, 0.25) is 0 Å². The van der Waals surface area contributed by atoms with Crippen molar-refractivity contribution in [3.8, 4) is 0 Å². The highest BCUT2D eigenvalue weighted by molar-refractivity contribution is 5.93. The second-order valence-corrected chi connectivity index (χ2v) is 7.28. The number of esters is 1. The monoisotopic (exact) mass is 408 g/mol. The van der Waals surface area contributed by atoms with E-state index in [0.29, 0.717) is 29.8 Å². The molecule has 1 aliphatic heterocycles. The third-order valence-electron chi connectivity index (χ3n) is 5.27. The van der Waals surface area contributed by atoms with Crippen LogP contribution >= 0.6 is 0 Å². The predicted molar refractivity (Wildman–Crippen MR) is 97.6 cm³/mol. The third-order valence-corrected chi connectivity index (χ3v) is 5.27. The average molecular weight is 408 g/mol. The van der Waals surface area contributed by atoms with Crippen LogP contribution in [0.5, 0.6) is 0 Å². The van der Waals surface area contributed by atoms with Crippen molar-refractivity contribution in [1.29, 1.82) is 0 Å². The number of carbonyl (C=O) groups is 1. The minimum atomic E-state index is -4.85. The molecule has 1 unspecified atom stereocenters. The van der Waals surface area contributed by atoms with Crippen LogP contribution in [0.25, 0.3) is 4.85 Å². The van der Waals surface area contributed by atoms with Gasteiger partial charge in [0.1, 0.15) is 5.82 Å². The van der Waals surface area contributed by atoms with Gasteiger partial charge in [0.25, 0.3) is 0 Å². The first-order chi connectivity index (χ1) is 13.7. The van der Waals surface area contributed by atoms with Crippen molar-refractivity contribution in [2.45, 2.75) is 44.7 Å². The summed E-state index contributed by atoms with van der Waals surface area (Å²) in [6.07, 6.45) is -1.44. The van der Waals surface area contributed by atoms with Gasteiger partial charge in [-0.15, -0.1) is 0 Å². The molecule has 0 spiro atoms. The lowest BCUT2D eigenvalue weighted by atomic mass is 9.81. The summed E-state index contributed by atoms with van der Waals surface area (Å²) < 4.78 is 59.5. The molecule has 2 aliphatic rings. The lowest BCUT2D eigenvalue weighted by molar-refractivity contribution is -0.139. The molecule has 3 rings (SSSR count). The molecule has 1 atom stereocenters. The molecule has 1 aliphatic carbocycles. The molecule has 0 bridgehead atoms. The number of alkyl halides is 3. The SMILES string of the molecule is [C-]#[N+]C1=C(C)NC(CCC2CC2)=C(C(=O)OC)C1c1ccc(F)cc1C(F)(F)F. The summed E-state index contributed by atoms with van der Waals surface area (Å²) in [5.74, 6) is -2.60. The van der Waals surface area contributed by atoms with Crippen molar-refractivity contribution in [3.63, 3.8) is 0 Å². The summed E-state index contributed by atoms with van der Waals surface area (Å²) in [7, 11) is 1.14. The van der Waals surface area contributed by atoms with E-state index in [1.165, 1.54) is 0 Å². The lowest BCUT2D eigenvalue weighted by Crippen LogP contribution is -2.30. The van der Waals surface area contributed by atoms with E-state index in [1.54, 1.807) is 6.92 Å². The first-order valence-electron chi connectivity index (χ1n) is 9.20. The van der Waals surface area contributed by atoms with Gasteiger partial charge < -0.3 is 10.1 Å². The first-order valence-corrected chi connectivity index (χ1v) is 9.20. The quantitative estimate of drug-likeness (QED) is 0.409. The summed E-state index contributed by atoms with van der Waals surface area (Å²) in [6.45, 7) is 9.09. The van der Waals surface area contributed by atoms with Crippen molar-refractivity contribution < 1.29 is 27.1 Å². The van der Waals surface area contributed by atoms with Crippen molar-refractivity contribution in [3.05, 3.63) is 69.2 Å². The number of allylic oxidation sites excluding steroid dienone is 3. The molecule has 1 heterocycles. The van der Waals surface area contributed by atoms with Gasteiger partial charge in [-0.1, -0.05) is 18.9 Å².